The molecule has 142 valence electrons. The number of nitrogens with zero attached hydrogens (tertiary/aromatic N) is 5. The van der Waals surface area contributed by atoms with Crippen LogP contribution in [0.2, 0.25) is 5.02 Å². The standard InChI is InChI=1S/C17H18ClN5O4/c1-21(2)15-8-19-9-16(20-15)27-12-5-6-22(10-12)17(24)13-7-11(23(25)26)3-4-14(13)18/h3-4,7-9,12H,5-6,10H2,1-2H3. The number of likely N-dealkylation sites (tertiary alicyclic amines) is 1. The largest absolute Gasteiger partial charge is 0.471 e. The average Bonchev–Trinajstić information content (AvgIpc) is 3.10. The van der Waals surface area contributed by atoms with Crippen LogP contribution in [0.15, 0.2) is 30.6 Å². The summed E-state index contributed by atoms with van der Waals surface area (Å²) in [6.07, 6.45) is 3.53. The van der Waals surface area contributed by atoms with Crippen molar-refractivity contribution < 1.29 is 14.5 Å². The van der Waals surface area contributed by atoms with Crippen LogP contribution in [0.1, 0.15) is 16.8 Å². The molecule has 1 fully saturated rings. The molecule has 2 heterocycles. The molecule has 1 aromatic carbocycles. The minimum Gasteiger partial charge on any atom is -0.471 e. The van der Waals surface area contributed by atoms with E-state index in [2.05, 4.69) is 9.97 Å². The lowest BCUT2D eigenvalue weighted by molar-refractivity contribution is -0.384. The fourth-order valence-electron chi connectivity index (χ4n) is 2.75. The van der Waals surface area contributed by atoms with E-state index < -0.39 is 4.92 Å². The molecule has 1 aromatic heterocycles. The molecule has 1 saturated heterocycles. The summed E-state index contributed by atoms with van der Waals surface area (Å²) in [7, 11) is 3.71. The van der Waals surface area contributed by atoms with Gasteiger partial charge < -0.3 is 14.5 Å². The summed E-state index contributed by atoms with van der Waals surface area (Å²) in [5.41, 5.74) is -0.0635. The molecule has 0 aliphatic carbocycles. The molecule has 1 aliphatic heterocycles. The number of hydrogen-bond acceptors (Lipinski definition) is 7. The van der Waals surface area contributed by atoms with E-state index >= 15 is 0 Å². The predicted octanol–water partition coefficient (Wildman–Crippen LogP) is 2.40. The highest BCUT2D eigenvalue weighted by Gasteiger charge is 2.30. The Morgan fingerprint density at radius 3 is 2.89 bits per heavy atom. The Morgan fingerprint density at radius 1 is 1.41 bits per heavy atom. The predicted molar refractivity (Wildman–Crippen MR) is 99.4 cm³/mol. The first-order valence-corrected chi connectivity index (χ1v) is 8.62. The first-order chi connectivity index (χ1) is 12.8. The van der Waals surface area contributed by atoms with Crippen molar-refractivity contribution in [2.24, 2.45) is 0 Å². The third-order valence-electron chi connectivity index (χ3n) is 4.17. The van der Waals surface area contributed by atoms with Gasteiger partial charge >= 0.3 is 0 Å². The zero-order chi connectivity index (χ0) is 19.6. The number of halogens is 1. The fourth-order valence-corrected chi connectivity index (χ4v) is 2.95. The van der Waals surface area contributed by atoms with Crippen LogP contribution in [0, 0.1) is 10.1 Å². The normalized spacial score (nSPS) is 16.3. The summed E-state index contributed by atoms with van der Waals surface area (Å²) < 4.78 is 5.84. The van der Waals surface area contributed by atoms with Gasteiger partial charge in [-0.05, 0) is 6.07 Å². The van der Waals surface area contributed by atoms with Crippen molar-refractivity contribution in [3.05, 3.63) is 51.3 Å². The second-order valence-corrected chi connectivity index (χ2v) is 6.72. The molecule has 27 heavy (non-hydrogen) atoms. The highest BCUT2D eigenvalue weighted by atomic mass is 35.5. The van der Waals surface area contributed by atoms with E-state index in [0.29, 0.717) is 31.2 Å². The van der Waals surface area contributed by atoms with E-state index in [1.165, 1.54) is 24.4 Å². The number of carbonyl (C=O) groups excluding carboxylic acids is 1. The number of hydrogen-bond donors (Lipinski definition) is 0. The van der Waals surface area contributed by atoms with Gasteiger partial charge in [0.05, 0.1) is 34.4 Å². The van der Waals surface area contributed by atoms with Crippen molar-refractivity contribution >= 4 is 29.0 Å². The number of amides is 1. The SMILES string of the molecule is CN(C)c1cncc(OC2CCN(C(=O)c3cc([N+](=O)[O-])ccc3Cl)C2)n1. The van der Waals surface area contributed by atoms with Crippen molar-refractivity contribution in [2.45, 2.75) is 12.5 Å². The average molecular weight is 392 g/mol. The Hall–Kier alpha value is -2.94. The maximum atomic E-state index is 12.7. The van der Waals surface area contributed by atoms with Crippen LogP contribution in [0.3, 0.4) is 0 Å². The van der Waals surface area contributed by atoms with E-state index in [4.69, 9.17) is 16.3 Å². The Balaban J connectivity index is 1.69. The van der Waals surface area contributed by atoms with Crippen LogP contribution >= 0.6 is 11.6 Å². The van der Waals surface area contributed by atoms with Gasteiger partial charge in [0.15, 0.2) is 5.82 Å². The second-order valence-electron chi connectivity index (χ2n) is 6.31. The highest BCUT2D eigenvalue weighted by molar-refractivity contribution is 6.33. The zero-order valence-corrected chi connectivity index (χ0v) is 15.6. The quantitative estimate of drug-likeness (QED) is 0.569. The molecule has 0 spiro atoms. The summed E-state index contributed by atoms with van der Waals surface area (Å²) in [4.78, 5) is 34.9. The van der Waals surface area contributed by atoms with Crippen LogP contribution in [-0.4, -0.2) is 59.0 Å². The number of anilines is 1. The molecule has 10 heteroatoms. The third kappa shape index (κ3) is 4.25. The third-order valence-corrected chi connectivity index (χ3v) is 4.50. The van der Waals surface area contributed by atoms with E-state index in [9.17, 15) is 14.9 Å². The monoisotopic (exact) mass is 391 g/mol. The second kappa shape index (κ2) is 7.75. The Kier molecular flexibility index (Phi) is 5.41. The molecule has 1 atom stereocenters. The number of nitro groups is 1. The molecule has 0 radical (unpaired) electrons. The molecule has 9 nitrogen and oxygen atoms in total. The molecule has 0 saturated carbocycles. The van der Waals surface area contributed by atoms with E-state index in [-0.39, 0.29) is 28.3 Å². The van der Waals surface area contributed by atoms with Crippen LogP contribution in [0.5, 0.6) is 5.88 Å². The first-order valence-electron chi connectivity index (χ1n) is 8.24. The molecule has 0 bridgehead atoms. The minimum absolute atomic E-state index is 0.112. The molecule has 1 unspecified atom stereocenters. The smallest absolute Gasteiger partial charge is 0.270 e. The van der Waals surface area contributed by atoms with Gasteiger partial charge in [-0.3, -0.25) is 19.9 Å². The lowest BCUT2D eigenvalue weighted by Gasteiger charge is -2.18. The van der Waals surface area contributed by atoms with Crippen LogP contribution in [-0.2, 0) is 0 Å². The number of carbonyl (C=O) groups is 1. The van der Waals surface area contributed by atoms with Crippen molar-refractivity contribution in [2.75, 3.05) is 32.1 Å². The number of benzene rings is 1. The van der Waals surface area contributed by atoms with E-state index in [0.717, 1.165) is 0 Å². The van der Waals surface area contributed by atoms with Crippen molar-refractivity contribution in [1.82, 2.24) is 14.9 Å². The number of non-ortho nitro benzene ring substituents is 1. The van der Waals surface area contributed by atoms with Gasteiger partial charge in [-0.2, -0.15) is 4.98 Å². The van der Waals surface area contributed by atoms with Crippen LogP contribution < -0.4 is 9.64 Å². The minimum atomic E-state index is -0.556. The summed E-state index contributed by atoms with van der Waals surface area (Å²) in [6, 6.07) is 3.83. The fraction of sp³-hybridized carbons (Fsp3) is 0.353. The van der Waals surface area contributed by atoms with Gasteiger partial charge in [-0.25, -0.2) is 0 Å². The topological polar surface area (TPSA) is 102 Å². The van der Waals surface area contributed by atoms with Gasteiger partial charge in [0.2, 0.25) is 5.88 Å². The van der Waals surface area contributed by atoms with Crippen molar-refractivity contribution in [3.8, 4) is 5.88 Å². The lowest BCUT2D eigenvalue weighted by atomic mass is 10.2. The number of nitro benzene ring substituents is 1. The number of ether oxygens (including phenoxy) is 1. The molecule has 0 N–H and O–H groups in total. The van der Waals surface area contributed by atoms with Gasteiger partial charge in [0.1, 0.15) is 6.10 Å². The molecule has 1 aliphatic rings. The Morgan fingerprint density at radius 2 is 2.19 bits per heavy atom. The first kappa shape index (κ1) is 18.8. The molecular formula is C17H18ClN5O4. The van der Waals surface area contributed by atoms with Gasteiger partial charge in [0, 0.05) is 39.2 Å². The van der Waals surface area contributed by atoms with Crippen LogP contribution in [0.4, 0.5) is 11.5 Å². The van der Waals surface area contributed by atoms with Crippen molar-refractivity contribution in [3.63, 3.8) is 0 Å². The maximum Gasteiger partial charge on any atom is 0.270 e. The summed E-state index contributed by atoms with van der Waals surface area (Å²) in [6.45, 7) is 0.801. The van der Waals surface area contributed by atoms with Gasteiger partial charge in [0.25, 0.3) is 11.6 Å². The van der Waals surface area contributed by atoms with Gasteiger partial charge in [-0.15, -0.1) is 0 Å². The van der Waals surface area contributed by atoms with Crippen molar-refractivity contribution in [1.29, 1.82) is 0 Å². The van der Waals surface area contributed by atoms with Gasteiger partial charge in [-0.1, -0.05) is 11.6 Å². The molecule has 3 rings (SSSR count). The summed E-state index contributed by atoms with van der Waals surface area (Å²) >= 11 is 6.06. The Labute approximate surface area is 160 Å². The lowest BCUT2D eigenvalue weighted by Crippen LogP contribution is -2.31. The maximum absolute atomic E-state index is 12.7. The molecular weight excluding hydrogens is 374 g/mol. The van der Waals surface area contributed by atoms with Crippen LogP contribution in [0.25, 0.3) is 0 Å². The number of aromatic nitrogens is 2. The summed E-state index contributed by atoms with van der Waals surface area (Å²) in [5, 5.41) is 11.1. The highest BCUT2D eigenvalue weighted by Crippen LogP contribution is 2.26. The summed E-state index contributed by atoms with van der Waals surface area (Å²) in [5.74, 6) is 0.693. The Bertz CT molecular complexity index is 876. The van der Waals surface area contributed by atoms with E-state index in [1.807, 2.05) is 19.0 Å². The van der Waals surface area contributed by atoms with E-state index in [1.54, 1.807) is 11.1 Å². The number of rotatable bonds is 5. The molecule has 1 amide bonds. The zero-order valence-electron chi connectivity index (χ0n) is 14.8. The molecule has 2 aromatic rings.